The number of urea groups is 2. The van der Waals surface area contributed by atoms with E-state index in [1.165, 1.54) is 24.3 Å². The van der Waals surface area contributed by atoms with Crippen molar-refractivity contribution in [3.05, 3.63) is 54.3 Å². The number of nitrogens with one attached hydrogen (secondary N) is 4. The first kappa shape index (κ1) is 23.5. The number of benzene rings is 2. The highest BCUT2D eigenvalue weighted by Gasteiger charge is 2.28. The molecule has 11 heteroatoms. The van der Waals surface area contributed by atoms with Gasteiger partial charge in [0.25, 0.3) is 0 Å². The molecule has 0 aromatic heterocycles. The molecule has 33 heavy (non-hydrogen) atoms. The second kappa shape index (κ2) is 10.9. The fraction of sp³-hybridized carbons (Fsp3) is 0.273. The van der Waals surface area contributed by atoms with Crippen LogP contribution in [0, 0.1) is 5.82 Å². The fourth-order valence-corrected chi connectivity index (χ4v) is 2.95. The molecule has 0 aliphatic carbocycles. The van der Waals surface area contributed by atoms with E-state index >= 15 is 0 Å². The molecule has 1 unspecified atom stereocenters. The van der Waals surface area contributed by atoms with Gasteiger partial charge in [0.05, 0.1) is 13.1 Å². The molecule has 4 N–H and O–H groups in total. The summed E-state index contributed by atoms with van der Waals surface area (Å²) < 4.78 is 18.5. The number of rotatable bonds is 9. The maximum absolute atomic E-state index is 12.9. The lowest BCUT2D eigenvalue weighted by atomic mass is 10.2. The van der Waals surface area contributed by atoms with Gasteiger partial charge in [-0.25, -0.2) is 14.0 Å². The quantitative estimate of drug-likeness (QED) is 0.430. The summed E-state index contributed by atoms with van der Waals surface area (Å²) in [5.74, 6) is -0.571. The van der Waals surface area contributed by atoms with Crippen LogP contribution in [0.15, 0.2) is 48.5 Å². The van der Waals surface area contributed by atoms with Gasteiger partial charge in [0.2, 0.25) is 11.8 Å². The Hall–Kier alpha value is -4.15. The Morgan fingerprint density at radius 2 is 1.70 bits per heavy atom. The Kier molecular flexibility index (Phi) is 7.79. The van der Waals surface area contributed by atoms with Crippen LogP contribution in [0.5, 0.6) is 5.75 Å². The van der Waals surface area contributed by atoms with E-state index in [1.54, 1.807) is 31.2 Å². The van der Waals surface area contributed by atoms with E-state index in [9.17, 15) is 23.6 Å². The van der Waals surface area contributed by atoms with Gasteiger partial charge >= 0.3 is 12.1 Å². The van der Waals surface area contributed by atoms with Crippen LogP contribution in [-0.2, 0) is 9.59 Å². The number of carbonyl (C=O) groups is 4. The second-order valence-electron chi connectivity index (χ2n) is 7.30. The fourth-order valence-electron chi connectivity index (χ4n) is 2.95. The Morgan fingerprint density at radius 1 is 1.06 bits per heavy atom. The highest BCUT2D eigenvalue weighted by atomic mass is 19.1. The van der Waals surface area contributed by atoms with Gasteiger partial charge in [-0.2, -0.15) is 0 Å². The average molecular weight is 457 g/mol. The zero-order valence-corrected chi connectivity index (χ0v) is 17.9. The highest BCUT2D eigenvalue weighted by Crippen LogP contribution is 2.15. The van der Waals surface area contributed by atoms with Crippen molar-refractivity contribution in [1.82, 2.24) is 15.5 Å². The summed E-state index contributed by atoms with van der Waals surface area (Å²) in [7, 11) is 0. The minimum Gasteiger partial charge on any atom is -0.489 e. The topological polar surface area (TPSA) is 129 Å². The lowest BCUT2D eigenvalue weighted by molar-refractivity contribution is -0.125. The molecule has 0 saturated carbocycles. The van der Waals surface area contributed by atoms with Crippen LogP contribution >= 0.6 is 0 Å². The van der Waals surface area contributed by atoms with E-state index in [4.69, 9.17) is 4.74 Å². The van der Waals surface area contributed by atoms with Crippen molar-refractivity contribution in [1.29, 1.82) is 0 Å². The average Bonchev–Trinajstić information content (AvgIpc) is 3.11. The van der Waals surface area contributed by atoms with Crippen molar-refractivity contribution in [2.75, 3.05) is 30.3 Å². The second-order valence-corrected chi connectivity index (χ2v) is 7.30. The maximum atomic E-state index is 12.9. The Morgan fingerprint density at radius 3 is 2.30 bits per heavy atom. The van der Waals surface area contributed by atoms with Crippen LogP contribution in [0.2, 0.25) is 0 Å². The molecular weight excluding hydrogens is 433 g/mol. The summed E-state index contributed by atoms with van der Waals surface area (Å²) in [5, 5.41) is 10.4. The zero-order chi connectivity index (χ0) is 23.8. The highest BCUT2D eigenvalue weighted by molar-refractivity contribution is 6.02. The number of amides is 6. The summed E-state index contributed by atoms with van der Waals surface area (Å²) in [6.45, 7) is 1.95. The molecule has 174 valence electrons. The van der Waals surface area contributed by atoms with Gasteiger partial charge in [0.1, 0.15) is 17.7 Å². The van der Waals surface area contributed by atoms with Crippen molar-refractivity contribution in [2.24, 2.45) is 0 Å². The molecule has 0 bridgehead atoms. The molecule has 10 nitrogen and oxygen atoms in total. The minimum atomic E-state index is -0.502. The summed E-state index contributed by atoms with van der Waals surface area (Å²) in [5.41, 5.74) is 1.02. The molecule has 1 aliphatic rings. The summed E-state index contributed by atoms with van der Waals surface area (Å²) in [6, 6.07) is 11.1. The van der Waals surface area contributed by atoms with E-state index < -0.39 is 12.1 Å². The standard InChI is InChI=1S/C22H24FN5O5/c1-14(33-18-8-2-15(23)3-9-18)12-24-21(31)27-17-6-4-16(5-7-17)26-19(29)10-11-28-20(30)13-25-22(28)32/h2-9,14H,10-13H2,1H3,(H,25,32)(H,26,29)(H2,24,27,31). The van der Waals surface area contributed by atoms with Gasteiger partial charge in [-0.3, -0.25) is 14.5 Å². The summed E-state index contributed by atoms with van der Waals surface area (Å²) in [4.78, 5) is 48.1. The smallest absolute Gasteiger partial charge is 0.324 e. The number of hydrogen-bond acceptors (Lipinski definition) is 5. The van der Waals surface area contributed by atoms with Crippen molar-refractivity contribution in [2.45, 2.75) is 19.4 Å². The number of carbonyl (C=O) groups excluding carboxylic acids is 4. The van der Waals surface area contributed by atoms with E-state index in [1.807, 2.05) is 0 Å². The minimum absolute atomic E-state index is 0.000390. The van der Waals surface area contributed by atoms with Gasteiger partial charge in [0.15, 0.2) is 0 Å². The van der Waals surface area contributed by atoms with Crippen LogP contribution in [-0.4, -0.2) is 54.5 Å². The molecule has 1 saturated heterocycles. The van der Waals surface area contributed by atoms with Crippen molar-refractivity contribution in [3.63, 3.8) is 0 Å². The monoisotopic (exact) mass is 457 g/mol. The lowest BCUT2D eigenvalue weighted by Gasteiger charge is -2.16. The summed E-state index contributed by atoms with van der Waals surface area (Å²) in [6.07, 6.45) is -0.361. The molecular formula is C22H24FN5O5. The van der Waals surface area contributed by atoms with Crippen LogP contribution in [0.4, 0.5) is 25.4 Å². The van der Waals surface area contributed by atoms with Crippen molar-refractivity contribution < 1.29 is 28.3 Å². The third-order valence-electron chi connectivity index (χ3n) is 4.63. The molecule has 0 spiro atoms. The molecule has 6 amide bonds. The third kappa shape index (κ3) is 7.20. The molecule has 1 heterocycles. The molecule has 2 aromatic carbocycles. The van der Waals surface area contributed by atoms with E-state index in [0.29, 0.717) is 17.1 Å². The van der Waals surface area contributed by atoms with E-state index in [-0.39, 0.29) is 49.8 Å². The van der Waals surface area contributed by atoms with Crippen molar-refractivity contribution >= 4 is 35.3 Å². The predicted molar refractivity (Wildman–Crippen MR) is 118 cm³/mol. The number of imide groups is 1. The maximum Gasteiger partial charge on any atom is 0.324 e. The van der Waals surface area contributed by atoms with Gasteiger partial charge < -0.3 is 26.0 Å². The van der Waals surface area contributed by atoms with Crippen LogP contribution in [0.3, 0.4) is 0 Å². The molecule has 3 rings (SSSR count). The first-order valence-corrected chi connectivity index (χ1v) is 10.3. The third-order valence-corrected chi connectivity index (χ3v) is 4.63. The number of halogens is 1. The molecule has 1 aliphatic heterocycles. The van der Waals surface area contributed by atoms with Crippen LogP contribution in [0.1, 0.15) is 13.3 Å². The summed E-state index contributed by atoms with van der Waals surface area (Å²) >= 11 is 0. The molecule has 2 aromatic rings. The number of ether oxygens (including phenoxy) is 1. The van der Waals surface area contributed by atoms with Gasteiger partial charge in [0, 0.05) is 24.3 Å². The van der Waals surface area contributed by atoms with E-state index in [2.05, 4.69) is 21.3 Å². The largest absolute Gasteiger partial charge is 0.489 e. The zero-order valence-electron chi connectivity index (χ0n) is 17.9. The molecule has 1 atom stereocenters. The van der Waals surface area contributed by atoms with E-state index in [0.717, 1.165) is 4.90 Å². The Balaban J connectivity index is 1.38. The first-order chi connectivity index (χ1) is 15.8. The molecule has 0 radical (unpaired) electrons. The Bertz CT molecular complexity index is 997. The van der Waals surface area contributed by atoms with Crippen LogP contribution in [0.25, 0.3) is 0 Å². The lowest BCUT2D eigenvalue weighted by Crippen LogP contribution is -2.36. The normalized spacial score (nSPS) is 13.8. The SMILES string of the molecule is CC(CNC(=O)Nc1ccc(NC(=O)CCN2C(=O)CNC2=O)cc1)Oc1ccc(F)cc1. The van der Waals surface area contributed by atoms with Crippen LogP contribution < -0.4 is 26.0 Å². The number of hydrogen-bond donors (Lipinski definition) is 4. The van der Waals surface area contributed by atoms with Crippen molar-refractivity contribution in [3.8, 4) is 5.75 Å². The Labute approximate surface area is 189 Å². The van der Waals surface area contributed by atoms with Gasteiger partial charge in [-0.05, 0) is 55.5 Å². The first-order valence-electron chi connectivity index (χ1n) is 10.3. The van der Waals surface area contributed by atoms with Gasteiger partial charge in [-0.15, -0.1) is 0 Å². The number of anilines is 2. The number of nitrogens with zero attached hydrogens (tertiary/aromatic N) is 1. The van der Waals surface area contributed by atoms with Gasteiger partial charge in [-0.1, -0.05) is 0 Å². The molecule has 1 fully saturated rings. The predicted octanol–water partition coefficient (Wildman–Crippen LogP) is 2.30.